The van der Waals surface area contributed by atoms with Gasteiger partial charge in [0.1, 0.15) is 0 Å². The van der Waals surface area contributed by atoms with Crippen LogP contribution in [0.5, 0.6) is 0 Å². The van der Waals surface area contributed by atoms with Crippen LogP contribution in [0.3, 0.4) is 0 Å². The van der Waals surface area contributed by atoms with E-state index in [1.54, 1.807) is 0 Å². The summed E-state index contributed by atoms with van der Waals surface area (Å²) in [6.07, 6.45) is 0. The van der Waals surface area contributed by atoms with Gasteiger partial charge in [-0.05, 0) is 43.6 Å². The molecule has 0 spiro atoms. The highest BCUT2D eigenvalue weighted by atomic mass is 127. The van der Waals surface area contributed by atoms with E-state index in [-0.39, 0.29) is 24.0 Å². The lowest BCUT2D eigenvalue weighted by Gasteiger charge is -2.17. The van der Waals surface area contributed by atoms with Gasteiger partial charge in [0.15, 0.2) is 5.96 Å². The fourth-order valence-corrected chi connectivity index (χ4v) is 2.86. The topological polar surface area (TPSA) is 39.7 Å². The second-order valence-electron chi connectivity index (χ2n) is 6.89. The Kier molecular flexibility index (Phi) is 11.0. The standard InChI is InChI=1S/C22H32N4.HI/c1-5-23-22(24-15-18(2)19-11-7-6-8-12-19)25-16-20-13-9-10-14-21(20)17-26(3)4;/h6-14,18H,5,15-17H2,1-4H3,(H2,23,24,25);1H. The molecular formula is C22H33IN4. The summed E-state index contributed by atoms with van der Waals surface area (Å²) in [5.74, 6) is 1.30. The fourth-order valence-electron chi connectivity index (χ4n) is 2.86. The van der Waals surface area contributed by atoms with Crippen molar-refractivity contribution in [2.45, 2.75) is 32.9 Å². The highest BCUT2D eigenvalue weighted by Crippen LogP contribution is 2.14. The lowest BCUT2D eigenvalue weighted by molar-refractivity contribution is 0.401. The minimum Gasteiger partial charge on any atom is -0.357 e. The van der Waals surface area contributed by atoms with Gasteiger partial charge in [0.2, 0.25) is 0 Å². The molecule has 148 valence electrons. The highest BCUT2D eigenvalue weighted by molar-refractivity contribution is 14.0. The third-order valence-electron chi connectivity index (χ3n) is 4.30. The van der Waals surface area contributed by atoms with E-state index >= 15 is 0 Å². The molecule has 2 N–H and O–H groups in total. The minimum atomic E-state index is 0. The second-order valence-corrected chi connectivity index (χ2v) is 6.89. The SMILES string of the molecule is CCNC(=NCc1ccccc1CN(C)C)NCC(C)c1ccccc1.I. The number of benzene rings is 2. The zero-order valence-corrected chi connectivity index (χ0v) is 19.2. The number of halogens is 1. The van der Waals surface area contributed by atoms with Gasteiger partial charge in [-0.3, -0.25) is 0 Å². The first-order valence-corrected chi connectivity index (χ1v) is 9.38. The quantitative estimate of drug-likeness (QED) is 0.338. The summed E-state index contributed by atoms with van der Waals surface area (Å²) in [4.78, 5) is 6.98. The molecule has 0 aromatic heterocycles. The Bertz CT molecular complexity index is 686. The first-order chi connectivity index (χ1) is 12.6. The third kappa shape index (κ3) is 8.30. The molecule has 0 saturated carbocycles. The second kappa shape index (κ2) is 12.7. The first kappa shape index (κ1) is 23.4. The fraction of sp³-hybridized carbons (Fsp3) is 0.409. The molecule has 1 atom stereocenters. The summed E-state index contributed by atoms with van der Waals surface area (Å²) in [6, 6.07) is 19.1. The Morgan fingerprint density at radius 1 is 0.963 bits per heavy atom. The van der Waals surface area contributed by atoms with Gasteiger partial charge < -0.3 is 15.5 Å². The Balaban J connectivity index is 0.00000364. The van der Waals surface area contributed by atoms with Crippen molar-refractivity contribution in [3.8, 4) is 0 Å². The summed E-state index contributed by atoms with van der Waals surface area (Å²) >= 11 is 0. The van der Waals surface area contributed by atoms with Gasteiger partial charge in [-0.2, -0.15) is 0 Å². The molecule has 1 unspecified atom stereocenters. The van der Waals surface area contributed by atoms with Crippen molar-refractivity contribution < 1.29 is 0 Å². The van der Waals surface area contributed by atoms with Crippen molar-refractivity contribution in [1.29, 1.82) is 0 Å². The highest BCUT2D eigenvalue weighted by Gasteiger charge is 2.07. The number of nitrogens with one attached hydrogen (secondary N) is 2. The number of nitrogens with zero attached hydrogens (tertiary/aromatic N) is 2. The molecule has 0 bridgehead atoms. The molecule has 0 aliphatic carbocycles. The Morgan fingerprint density at radius 3 is 2.22 bits per heavy atom. The summed E-state index contributed by atoms with van der Waals surface area (Å²) in [5, 5.41) is 6.83. The molecule has 5 heteroatoms. The summed E-state index contributed by atoms with van der Waals surface area (Å²) in [7, 11) is 4.19. The molecule has 0 aliphatic rings. The van der Waals surface area contributed by atoms with Gasteiger partial charge in [0.05, 0.1) is 6.54 Å². The largest absolute Gasteiger partial charge is 0.357 e. The van der Waals surface area contributed by atoms with Crippen molar-refractivity contribution in [3.05, 3.63) is 71.3 Å². The van der Waals surface area contributed by atoms with Crippen molar-refractivity contribution in [2.75, 3.05) is 27.2 Å². The molecule has 27 heavy (non-hydrogen) atoms. The Hall–Kier alpha value is -1.60. The lowest BCUT2D eigenvalue weighted by atomic mass is 10.0. The van der Waals surface area contributed by atoms with Gasteiger partial charge >= 0.3 is 0 Å². The van der Waals surface area contributed by atoms with Crippen LogP contribution >= 0.6 is 24.0 Å². The number of aliphatic imine (C=N–C) groups is 1. The maximum Gasteiger partial charge on any atom is 0.191 e. The third-order valence-corrected chi connectivity index (χ3v) is 4.30. The zero-order chi connectivity index (χ0) is 18.8. The lowest BCUT2D eigenvalue weighted by Crippen LogP contribution is -2.39. The monoisotopic (exact) mass is 480 g/mol. The van der Waals surface area contributed by atoms with Crippen molar-refractivity contribution in [2.24, 2.45) is 4.99 Å². The first-order valence-electron chi connectivity index (χ1n) is 9.38. The maximum absolute atomic E-state index is 4.79. The van der Waals surface area contributed by atoms with E-state index in [0.29, 0.717) is 12.5 Å². The van der Waals surface area contributed by atoms with E-state index in [2.05, 4.69) is 98.1 Å². The predicted molar refractivity (Wildman–Crippen MR) is 127 cm³/mol. The summed E-state index contributed by atoms with van der Waals surface area (Å²) in [6.45, 7) is 7.65. The van der Waals surface area contributed by atoms with Gasteiger partial charge in [0, 0.05) is 19.6 Å². The molecule has 2 rings (SSSR count). The molecule has 2 aromatic rings. The van der Waals surface area contributed by atoms with Crippen LogP contribution in [0.4, 0.5) is 0 Å². The molecule has 0 aliphatic heterocycles. The Morgan fingerprint density at radius 2 is 1.59 bits per heavy atom. The number of hydrogen-bond acceptors (Lipinski definition) is 2. The van der Waals surface area contributed by atoms with Crippen LogP contribution in [-0.2, 0) is 13.1 Å². The number of guanidine groups is 1. The van der Waals surface area contributed by atoms with Crippen LogP contribution in [0.25, 0.3) is 0 Å². The van der Waals surface area contributed by atoms with Crippen molar-refractivity contribution in [3.63, 3.8) is 0 Å². The molecule has 0 heterocycles. The normalized spacial score (nSPS) is 12.4. The van der Waals surface area contributed by atoms with Crippen molar-refractivity contribution >= 4 is 29.9 Å². The average molecular weight is 480 g/mol. The van der Waals surface area contributed by atoms with Crippen LogP contribution in [-0.4, -0.2) is 38.0 Å². The van der Waals surface area contributed by atoms with E-state index in [9.17, 15) is 0 Å². The molecular weight excluding hydrogens is 447 g/mol. The minimum absolute atomic E-state index is 0. The van der Waals surface area contributed by atoms with Crippen LogP contribution in [0.15, 0.2) is 59.6 Å². The average Bonchev–Trinajstić information content (AvgIpc) is 2.65. The zero-order valence-electron chi connectivity index (χ0n) is 16.9. The maximum atomic E-state index is 4.79. The molecule has 2 aromatic carbocycles. The van der Waals surface area contributed by atoms with E-state index in [1.807, 2.05) is 0 Å². The van der Waals surface area contributed by atoms with Crippen LogP contribution in [0.2, 0.25) is 0 Å². The summed E-state index contributed by atoms with van der Waals surface area (Å²) < 4.78 is 0. The smallest absolute Gasteiger partial charge is 0.191 e. The van der Waals surface area contributed by atoms with Gasteiger partial charge in [-0.1, -0.05) is 61.5 Å². The summed E-state index contributed by atoms with van der Waals surface area (Å²) in [5.41, 5.74) is 3.94. The van der Waals surface area contributed by atoms with E-state index in [1.165, 1.54) is 16.7 Å². The van der Waals surface area contributed by atoms with E-state index < -0.39 is 0 Å². The van der Waals surface area contributed by atoms with Crippen LogP contribution in [0, 0.1) is 0 Å². The molecule has 0 saturated heterocycles. The van der Waals surface area contributed by atoms with Gasteiger partial charge in [-0.25, -0.2) is 4.99 Å². The predicted octanol–water partition coefficient (Wildman–Crippen LogP) is 4.23. The van der Waals surface area contributed by atoms with Gasteiger partial charge in [-0.15, -0.1) is 24.0 Å². The molecule has 0 fully saturated rings. The Labute approximate surface area is 181 Å². The van der Waals surface area contributed by atoms with Crippen LogP contribution in [0.1, 0.15) is 36.5 Å². The van der Waals surface area contributed by atoms with Gasteiger partial charge in [0.25, 0.3) is 0 Å². The molecule has 0 amide bonds. The van der Waals surface area contributed by atoms with Crippen LogP contribution < -0.4 is 10.6 Å². The number of hydrogen-bond donors (Lipinski definition) is 2. The van der Waals surface area contributed by atoms with E-state index in [0.717, 1.165) is 25.6 Å². The van der Waals surface area contributed by atoms with Crippen molar-refractivity contribution in [1.82, 2.24) is 15.5 Å². The molecule has 4 nitrogen and oxygen atoms in total. The molecule has 0 radical (unpaired) electrons. The number of rotatable bonds is 8. The van der Waals surface area contributed by atoms with E-state index in [4.69, 9.17) is 4.99 Å².